The Hall–Kier alpha value is -4.66. The average molecular weight is 635 g/mol. The molecule has 1 saturated heterocycles. The topological polar surface area (TPSA) is 209 Å². The van der Waals surface area contributed by atoms with Gasteiger partial charge in [-0.15, -0.1) is 0 Å². The Morgan fingerprint density at radius 2 is 1.53 bits per heavy atom. The third-order valence-corrected chi connectivity index (χ3v) is 6.44. The van der Waals surface area contributed by atoms with Gasteiger partial charge in [-0.1, -0.05) is 43.7 Å². The van der Waals surface area contributed by atoms with E-state index in [4.69, 9.17) is 5.48 Å². The fraction of sp³-hybridized carbons (Fsp3) is 0.533. The molecule has 15 nitrogen and oxygen atoms in total. The Morgan fingerprint density at radius 3 is 2.20 bits per heavy atom. The summed E-state index contributed by atoms with van der Waals surface area (Å²) in [4.78, 5) is 98.4. The Labute approximate surface area is 267 Å². The van der Waals surface area contributed by atoms with Crippen LogP contribution in [-0.4, -0.2) is 97.5 Å². The Morgan fingerprint density at radius 1 is 0.889 bits per heavy atom. The van der Waals surface area contributed by atoms with Gasteiger partial charge in [0.1, 0.15) is 19.3 Å². The second kappa shape index (κ2) is 19.6. The average Bonchev–Trinajstić information content (AvgIpc) is 3.26. The summed E-state index contributed by atoms with van der Waals surface area (Å²) in [6.07, 6.45) is 1.94. The Bertz CT molecular complexity index is 1400. The van der Waals surface area contributed by atoms with E-state index in [1.165, 1.54) is 4.90 Å². The van der Waals surface area contributed by atoms with E-state index >= 15 is 0 Å². The van der Waals surface area contributed by atoms with Crippen LogP contribution in [0.15, 0.2) is 30.3 Å². The van der Waals surface area contributed by atoms with Crippen LogP contribution in [0.3, 0.4) is 0 Å². The van der Waals surface area contributed by atoms with E-state index < -0.39 is 74.2 Å². The van der Waals surface area contributed by atoms with Gasteiger partial charge >= 0.3 is 0 Å². The van der Waals surface area contributed by atoms with E-state index in [1.54, 1.807) is 42.6 Å². The Balaban J connectivity index is 1.77. The van der Waals surface area contributed by atoms with Crippen molar-refractivity contribution in [2.24, 2.45) is 5.92 Å². The smallest absolute Gasteiger partial charge is 0.243 e. The van der Waals surface area contributed by atoms with Crippen LogP contribution >= 0.6 is 0 Å². The number of hydrogen-bond acceptors (Lipinski definition) is 9. The van der Waals surface area contributed by atoms with E-state index in [0.29, 0.717) is 31.4 Å². The first-order chi connectivity index (χ1) is 22.9. The van der Waals surface area contributed by atoms with Crippen molar-refractivity contribution in [1.29, 1.82) is 0 Å². The lowest BCUT2D eigenvalue weighted by Gasteiger charge is -2.19. The molecule has 15 heteroatoms. The zero-order valence-electron chi connectivity index (χ0n) is 29.2. The molecular formula is C30H42N6O9. The number of ketones is 1. The van der Waals surface area contributed by atoms with Crippen molar-refractivity contribution < 1.29 is 48.6 Å². The van der Waals surface area contributed by atoms with Crippen LogP contribution in [0.5, 0.6) is 0 Å². The second-order valence-electron chi connectivity index (χ2n) is 10.3. The third kappa shape index (κ3) is 14.6. The molecule has 2 rings (SSSR count). The molecule has 1 aliphatic rings. The molecule has 0 aliphatic carbocycles. The molecule has 0 bridgehead atoms. The van der Waals surface area contributed by atoms with E-state index in [9.17, 15) is 38.4 Å². The number of benzene rings is 1. The molecule has 45 heavy (non-hydrogen) atoms. The van der Waals surface area contributed by atoms with Gasteiger partial charge in [0.15, 0.2) is 5.78 Å². The van der Waals surface area contributed by atoms with E-state index in [0.717, 1.165) is 6.92 Å². The van der Waals surface area contributed by atoms with Gasteiger partial charge in [-0.2, -0.15) is 0 Å². The largest absolute Gasteiger partial charge is 0.354 e. The molecule has 1 unspecified atom stereocenters. The second-order valence-corrected chi connectivity index (χ2v) is 10.3. The highest BCUT2D eigenvalue weighted by molar-refractivity contribution is 6.03. The molecule has 1 aliphatic heterocycles. The van der Waals surface area contributed by atoms with Crippen LogP contribution in [0.1, 0.15) is 57.0 Å². The van der Waals surface area contributed by atoms with Gasteiger partial charge in [0, 0.05) is 31.7 Å². The quantitative estimate of drug-likeness (QED) is 0.0655. The van der Waals surface area contributed by atoms with Crippen molar-refractivity contribution >= 4 is 47.1 Å². The van der Waals surface area contributed by atoms with Crippen LogP contribution in [0.2, 0.25) is 0 Å². The van der Waals surface area contributed by atoms with Gasteiger partial charge in [0.05, 0.1) is 25.1 Å². The van der Waals surface area contributed by atoms with E-state index in [-0.39, 0.29) is 37.0 Å². The van der Waals surface area contributed by atoms with Crippen molar-refractivity contribution in [3.63, 3.8) is 0 Å². The van der Waals surface area contributed by atoms with Gasteiger partial charge in [0.25, 0.3) is 0 Å². The fourth-order valence-electron chi connectivity index (χ4n) is 4.14. The van der Waals surface area contributed by atoms with Crippen molar-refractivity contribution in [1.82, 2.24) is 31.5 Å². The number of imide groups is 1. The maximum Gasteiger partial charge on any atom is 0.243 e. The van der Waals surface area contributed by atoms with Gasteiger partial charge < -0.3 is 31.3 Å². The summed E-state index contributed by atoms with van der Waals surface area (Å²) in [5, 5.41) is 11.2. The summed E-state index contributed by atoms with van der Waals surface area (Å²) in [6.45, 7) is -5.02. The lowest BCUT2D eigenvalue weighted by Crippen LogP contribution is -2.52. The van der Waals surface area contributed by atoms with Crippen LogP contribution < -0.4 is 26.6 Å². The molecule has 0 radical (unpaired) electrons. The highest BCUT2D eigenvalue weighted by atomic mass is 16.5. The number of carbonyl (C=O) groups excluding carboxylic acids is 8. The highest BCUT2D eigenvalue weighted by Gasteiger charge is 2.34. The first-order valence-corrected chi connectivity index (χ1v) is 14.4. The number of likely N-dealkylation sites (tertiary alicyclic amines) is 1. The number of nitrogens with one attached hydrogen (secondary N) is 5. The number of unbranched alkanes of at least 4 members (excludes halogenated alkanes) is 2. The molecule has 1 heterocycles. The molecular weight excluding hydrogens is 588 g/mol. The lowest BCUT2D eigenvalue weighted by molar-refractivity contribution is -0.139. The fourth-order valence-corrected chi connectivity index (χ4v) is 4.14. The predicted molar refractivity (Wildman–Crippen MR) is 160 cm³/mol. The minimum Gasteiger partial charge on any atom is -0.354 e. The van der Waals surface area contributed by atoms with Crippen molar-refractivity contribution in [2.75, 3.05) is 39.4 Å². The summed E-state index contributed by atoms with van der Waals surface area (Å²) in [5.41, 5.74) is 0.642. The zero-order chi connectivity index (χ0) is 36.8. The normalized spacial score (nSPS) is 16.8. The van der Waals surface area contributed by atoms with Crippen molar-refractivity contribution in [3.8, 4) is 0 Å². The summed E-state index contributed by atoms with van der Waals surface area (Å²) in [7, 11) is 0. The molecule has 0 saturated carbocycles. The summed E-state index contributed by atoms with van der Waals surface area (Å²) in [6, 6.07) is 7.29. The molecule has 2 atom stereocenters. The molecule has 5 N–H and O–H groups in total. The number of nitrogens with zero attached hydrogens (tertiary/aromatic N) is 1. The Kier molecular flexibility index (Phi) is 13.2. The van der Waals surface area contributed by atoms with Crippen LogP contribution in [0, 0.1) is 5.92 Å². The zero-order valence-corrected chi connectivity index (χ0v) is 25.2. The van der Waals surface area contributed by atoms with Gasteiger partial charge in [-0.25, -0.2) is 0 Å². The predicted octanol–water partition coefficient (Wildman–Crippen LogP) is -1.30. The first kappa shape index (κ1) is 30.4. The molecule has 1 fully saturated rings. The van der Waals surface area contributed by atoms with Gasteiger partial charge in [0.2, 0.25) is 41.4 Å². The summed E-state index contributed by atoms with van der Waals surface area (Å²) < 4.78 is 34.4. The molecule has 1 aromatic carbocycles. The summed E-state index contributed by atoms with van der Waals surface area (Å²) >= 11 is 0. The molecule has 0 spiro atoms. The highest BCUT2D eigenvalue weighted by Crippen LogP contribution is 2.19. The number of rotatable bonds is 20. The van der Waals surface area contributed by atoms with Gasteiger partial charge in [-0.3, -0.25) is 43.3 Å². The number of Topliss-reactive ketones (excluding diaryl/α,β-unsaturated/α-hetero) is 1. The molecule has 7 amide bonds. The standard InChI is InChI=1S/C30H42N6O9/c1-20-13-28(42)36(30(20)44)12-8-4-7-11-24(38)31-15-25(39)32-17-27(41)35-23(14-22-9-5-3-6-10-22)29(43)33-16-26(40)34-19-45-18-21(2)37/h3,5-6,9-10,20,23H,4,7-8,11-19H2,1-2H3,(H,31,38)(H,32,39)(H,33,43)(H,34,40)(H,35,41)/t20?,23-/m0/s1/i18D2,19D2. The molecule has 246 valence electrons. The first-order valence-electron chi connectivity index (χ1n) is 16.4. The van der Waals surface area contributed by atoms with Crippen molar-refractivity contribution in [2.45, 2.75) is 58.4 Å². The van der Waals surface area contributed by atoms with Crippen LogP contribution in [-0.2, 0) is 49.5 Å². The monoisotopic (exact) mass is 634 g/mol. The number of amides is 7. The SMILES string of the molecule is [2H]C([2H])(NC(=O)CNC(=O)[C@H](Cc1ccccc1)NC(=O)CNC(=O)CNC(=O)CCCCCN1C(=O)CC(C)C1=O)OC([2H])([2H])C(C)=O. The minimum absolute atomic E-state index is 0.0173. The maximum absolute atomic E-state index is 12.9. The van der Waals surface area contributed by atoms with Crippen LogP contribution in [0.4, 0.5) is 0 Å². The minimum atomic E-state index is -3.09. The van der Waals surface area contributed by atoms with Gasteiger partial charge in [-0.05, 0) is 25.3 Å². The van der Waals surface area contributed by atoms with Crippen LogP contribution in [0.25, 0.3) is 0 Å². The van der Waals surface area contributed by atoms with Crippen molar-refractivity contribution in [3.05, 3.63) is 35.9 Å². The maximum atomic E-state index is 12.9. The third-order valence-electron chi connectivity index (χ3n) is 6.44. The van der Waals surface area contributed by atoms with E-state index in [1.807, 2.05) is 0 Å². The number of hydrogen-bond donors (Lipinski definition) is 5. The van der Waals surface area contributed by atoms with E-state index in [2.05, 4.69) is 26.0 Å². The lowest BCUT2D eigenvalue weighted by atomic mass is 10.1. The summed E-state index contributed by atoms with van der Waals surface area (Å²) in [5.74, 6) is -5.61. The number of carbonyl (C=O) groups is 8. The number of ether oxygens (including phenoxy) is 1. The molecule has 0 aromatic heterocycles. The molecule has 1 aromatic rings.